The zero-order chi connectivity index (χ0) is 18.6. The highest BCUT2D eigenvalue weighted by Gasteiger charge is 2.19. The molecule has 6 heteroatoms. The molecular weight excluding hydrogens is 405 g/mol. The first-order valence-electron chi connectivity index (χ1n) is 10.4. The standard InChI is InChI=1S/C23H31N3O.2ClH/c1-17(2)20-16-18(10-11-22(20)27-19-6-3-4-7-19)21-8-5-9-23(25-21)26-14-12-24-13-15-26;;/h5,8-11,16-17,19,24H,3-4,6-7,12-15H2,1-2H3;2*1H. The third-order valence-corrected chi connectivity index (χ3v) is 5.70. The van der Waals surface area contributed by atoms with Crippen molar-refractivity contribution in [1.29, 1.82) is 0 Å². The summed E-state index contributed by atoms with van der Waals surface area (Å²) in [5.41, 5.74) is 3.50. The van der Waals surface area contributed by atoms with Crippen molar-refractivity contribution in [2.75, 3.05) is 31.1 Å². The van der Waals surface area contributed by atoms with Crippen molar-refractivity contribution in [3.63, 3.8) is 0 Å². The van der Waals surface area contributed by atoms with Crippen molar-refractivity contribution in [1.82, 2.24) is 10.3 Å². The fourth-order valence-electron chi connectivity index (χ4n) is 4.11. The van der Waals surface area contributed by atoms with Crippen LogP contribution in [0.1, 0.15) is 51.0 Å². The maximum absolute atomic E-state index is 6.34. The number of anilines is 1. The van der Waals surface area contributed by atoms with Gasteiger partial charge in [0.25, 0.3) is 0 Å². The Bertz CT molecular complexity index is 772. The molecule has 1 aromatic carbocycles. The molecule has 1 aromatic heterocycles. The molecular formula is C23H33Cl2N3O. The minimum Gasteiger partial charge on any atom is -0.490 e. The Morgan fingerprint density at radius 1 is 1.03 bits per heavy atom. The van der Waals surface area contributed by atoms with Crippen molar-refractivity contribution in [3.05, 3.63) is 42.0 Å². The molecule has 0 radical (unpaired) electrons. The number of ether oxygens (including phenoxy) is 1. The minimum atomic E-state index is 0. The molecule has 1 aliphatic heterocycles. The number of aromatic nitrogens is 1. The highest BCUT2D eigenvalue weighted by atomic mass is 35.5. The largest absolute Gasteiger partial charge is 0.490 e. The third-order valence-electron chi connectivity index (χ3n) is 5.70. The van der Waals surface area contributed by atoms with Gasteiger partial charge < -0.3 is 15.0 Å². The van der Waals surface area contributed by atoms with E-state index in [0.717, 1.165) is 43.4 Å². The SMILES string of the molecule is CC(C)c1cc(-c2cccc(N3CCNCC3)n2)ccc1OC1CCCC1.Cl.Cl. The molecule has 0 amide bonds. The van der Waals surface area contributed by atoms with Gasteiger partial charge in [0.1, 0.15) is 11.6 Å². The van der Waals surface area contributed by atoms with E-state index in [0.29, 0.717) is 12.0 Å². The van der Waals surface area contributed by atoms with E-state index < -0.39 is 0 Å². The van der Waals surface area contributed by atoms with E-state index in [9.17, 15) is 0 Å². The first-order valence-corrected chi connectivity index (χ1v) is 10.4. The van der Waals surface area contributed by atoms with Crippen molar-refractivity contribution in [2.45, 2.75) is 51.6 Å². The Kier molecular flexibility index (Phi) is 9.06. The molecule has 2 aromatic rings. The molecule has 0 spiro atoms. The second-order valence-corrected chi connectivity index (χ2v) is 8.05. The topological polar surface area (TPSA) is 37.4 Å². The molecule has 0 unspecified atom stereocenters. The van der Waals surface area contributed by atoms with Gasteiger partial charge in [-0.1, -0.05) is 19.9 Å². The van der Waals surface area contributed by atoms with Crippen LogP contribution in [0.25, 0.3) is 11.3 Å². The van der Waals surface area contributed by atoms with Crippen LogP contribution in [0.3, 0.4) is 0 Å². The third kappa shape index (κ3) is 5.78. The maximum atomic E-state index is 6.34. The second kappa shape index (κ2) is 11.1. The summed E-state index contributed by atoms with van der Waals surface area (Å²) in [5, 5.41) is 3.40. The first-order chi connectivity index (χ1) is 13.2. The predicted octanol–water partition coefficient (Wildman–Crippen LogP) is 5.45. The quantitative estimate of drug-likeness (QED) is 0.674. The maximum Gasteiger partial charge on any atom is 0.129 e. The smallest absolute Gasteiger partial charge is 0.129 e. The average Bonchev–Trinajstić information content (AvgIpc) is 3.22. The van der Waals surface area contributed by atoms with E-state index in [1.165, 1.54) is 36.8 Å². The van der Waals surface area contributed by atoms with Crippen LogP contribution < -0.4 is 15.0 Å². The fourth-order valence-corrected chi connectivity index (χ4v) is 4.11. The van der Waals surface area contributed by atoms with Gasteiger partial charge >= 0.3 is 0 Å². The van der Waals surface area contributed by atoms with Crippen molar-refractivity contribution < 1.29 is 4.74 Å². The monoisotopic (exact) mass is 437 g/mol. The molecule has 4 rings (SSSR count). The molecule has 1 saturated carbocycles. The summed E-state index contributed by atoms with van der Waals surface area (Å²) >= 11 is 0. The summed E-state index contributed by atoms with van der Waals surface area (Å²) in [7, 11) is 0. The number of hydrogen-bond donors (Lipinski definition) is 1. The van der Waals surface area contributed by atoms with Crippen molar-refractivity contribution in [3.8, 4) is 17.0 Å². The van der Waals surface area contributed by atoms with Gasteiger partial charge in [0.2, 0.25) is 0 Å². The van der Waals surface area contributed by atoms with Crippen LogP contribution in [0.4, 0.5) is 5.82 Å². The summed E-state index contributed by atoms with van der Waals surface area (Å²) < 4.78 is 6.34. The Hall–Kier alpha value is -1.49. The van der Waals surface area contributed by atoms with Crippen LogP contribution in [-0.2, 0) is 0 Å². The van der Waals surface area contributed by atoms with E-state index in [4.69, 9.17) is 9.72 Å². The molecule has 0 bridgehead atoms. The lowest BCUT2D eigenvalue weighted by Gasteiger charge is -2.28. The molecule has 1 saturated heterocycles. The Morgan fingerprint density at radius 2 is 1.76 bits per heavy atom. The van der Waals surface area contributed by atoms with E-state index in [1.54, 1.807) is 0 Å². The molecule has 160 valence electrons. The van der Waals surface area contributed by atoms with Gasteiger partial charge in [-0.15, -0.1) is 24.8 Å². The number of rotatable bonds is 5. The zero-order valence-corrected chi connectivity index (χ0v) is 19.0. The first kappa shape index (κ1) is 23.8. The van der Waals surface area contributed by atoms with E-state index in [1.807, 2.05) is 0 Å². The van der Waals surface area contributed by atoms with Crippen molar-refractivity contribution >= 4 is 30.6 Å². The van der Waals surface area contributed by atoms with Gasteiger partial charge in [-0.25, -0.2) is 4.98 Å². The van der Waals surface area contributed by atoms with Crippen LogP contribution in [0, 0.1) is 0 Å². The molecule has 2 aliphatic rings. The van der Waals surface area contributed by atoms with Gasteiger partial charge in [-0.05, 0) is 67.5 Å². The van der Waals surface area contributed by atoms with Crippen LogP contribution >= 0.6 is 24.8 Å². The van der Waals surface area contributed by atoms with Crippen LogP contribution in [0.5, 0.6) is 5.75 Å². The predicted molar refractivity (Wildman–Crippen MR) is 126 cm³/mol. The van der Waals surface area contributed by atoms with Crippen LogP contribution in [0.15, 0.2) is 36.4 Å². The second-order valence-electron chi connectivity index (χ2n) is 8.05. The lowest BCUT2D eigenvalue weighted by Crippen LogP contribution is -2.43. The van der Waals surface area contributed by atoms with Gasteiger partial charge in [-0.2, -0.15) is 0 Å². The molecule has 2 fully saturated rings. The summed E-state index contributed by atoms with van der Waals surface area (Å²) in [5.74, 6) is 2.56. The Labute approximate surface area is 187 Å². The number of hydrogen-bond acceptors (Lipinski definition) is 4. The molecule has 1 N–H and O–H groups in total. The number of piperazine rings is 1. The van der Waals surface area contributed by atoms with Gasteiger partial charge in [-0.3, -0.25) is 0 Å². The summed E-state index contributed by atoms with van der Waals surface area (Å²) in [6.07, 6.45) is 5.36. The van der Waals surface area contributed by atoms with E-state index in [2.05, 4.69) is 60.5 Å². The number of nitrogens with one attached hydrogen (secondary N) is 1. The molecule has 4 nitrogen and oxygen atoms in total. The van der Waals surface area contributed by atoms with Crippen molar-refractivity contribution in [2.24, 2.45) is 0 Å². The Balaban J connectivity index is 0.00000150. The Morgan fingerprint density at radius 3 is 2.45 bits per heavy atom. The number of pyridine rings is 1. The lowest BCUT2D eigenvalue weighted by atomic mass is 9.98. The average molecular weight is 438 g/mol. The summed E-state index contributed by atoms with van der Waals surface area (Å²) in [6, 6.07) is 13.0. The fraction of sp³-hybridized carbons (Fsp3) is 0.522. The van der Waals surface area contributed by atoms with Gasteiger partial charge in [0, 0.05) is 31.7 Å². The van der Waals surface area contributed by atoms with Crippen LogP contribution in [0.2, 0.25) is 0 Å². The molecule has 29 heavy (non-hydrogen) atoms. The highest BCUT2D eigenvalue weighted by Crippen LogP contribution is 2.34. The highest BCUT2D eigenvalue weighted by molar-refractivity contribution is 5.85. The number of halogens is 2. The summed E-state index contributed by atoms with van der Waals surface area (Å²) in [6.45, 7) is 8.56. The molecule has 2 heterocycles. The lowest BCUT2D eigenvalue weighted by molar-refractivity contribution is 0.207. The van der Waals surface area contributed by atoms with E-state index >= 15 is 0 Å². The van der Waals surface area contributed by atoms with Gasteiger partial charge in [0.05, 0.1) is 11.8 Å². The molecule has 0 atom stereocenters. The van der Waals surface area contributed by atoms with Crippen LogP contribution in [-0.4, -0.2) is 37.3 Å². The number of benzene rings is 1. The minimum absolute atomic E-state index is 0. The normalized spacial score (nSPS) is 17.0. The van der Waals surface area contributed by atoms with E-state index in [-0.39, 0.29) is 24.8 Å². The number of nitrogens with zero attached hydrogens (tertiary/aromatic N) is 2. The molecule has 1 aliphatic carbocycles. The zero-order valence-electron chi connectivity index (χ0n) is 17.4. The summed E-state index contributed by atoms with van der Waals surface area (Å²) in [4.78, 5) is 7.32. The van der Waals surface area contributed by atoms with Gasteiger partial charge in [0.15, 0.2) is 0 Å².